The van der Waals surface area contributed by atoms with E-state index in [4.69, 9.17) is 16.3 Å². The summed E-state index contributed by atoms with van der Waals surface area (Å²) < 4.78 is 31.7. The molecule has 0 fully saturated rings. The number of hydrogen-bond donors (Lipinski definition) is 1. The molecule has 37 heavy (non-hydrogen) atoms. The molecule has 7 nitrogen and oxygen atoms in total. The second-order valence-electron chi connectivity index (χ2n) is 8.26. The van der Waals surface area contributed by atoms with Crippen LogP contribution in [0.2, 0.25) is 5.02 Å². The molecule has 1 atom stereocenters. The number of carbonyl (C=O) groups is 2. The van der Waals surface area contributed by atoms with E-state index in [9.17, 15) is 23.1 Å². The molecule has 9 heteroatoms. The summed E-state index contributed by atoms with van der Waals surface area (Å²) in [5.41, 5.74) is 2.29. The van der Waals surface area contributed by atoms with E-state index >= 15 is 0 Å². The number of hydrogen-bond acceptors (Lipinski definition) is 6. The smallest absolute Gasteiger partial charge is 0.337 e. The lowest BCUT2D eigenvalue weighted by Gasteiger charge is -2.19. The third kappa shape index (κ3) is 6.41. The molecule has 0 bridgehead atoms. The van der Waals surface area contributed by atoms with Gasteiger partial charge in [-0.15, -0.1) is 0 Å². The molecule has 1 N–H and O–H groups in total. The van der Waals surface area contributed by atoms with Gasteiger partial charge in [-0.05, 0) is 53.6 Å². The highest BCUT2D eigenvalue weighted by Gasteiger charge is 2.28. The number of nitrogens with zero attached hydrogens (tertiary/aromatic N) is 1. The summed E-state index contributed by atoms with van der Waals surface area (Å²) in [4.78, 5) is 27.6. The second-order valence-corrected chi connectivity index (χ2v) is 10.7. The number of carboxylic acid groups (broad SMARTS) is 1. The minimum absolute atomic E-state index is 0.335. The van der Waals surface area contributed by atoms with Crippen LogP contribution >= 0.6 is 11.6 Å². The highest BCUT2D eigenvalue weighted by Crippen LogP contribution is 2.27. The number of esters is 1. The van der Waals surface area contributed by atoms with Crippen LogP contribution in [0.1, 0.15) is 40.2 Å². The number of aromatic carboxylic acids is 1. The van der Waals surface area contributed by atoms with Gasteiger partial charge in [-0.2, -0.15) is 0 Å². The number of pyridine rings is 1. The van der Waals surface area contributed by atoms with Crippen LogP contribution in [-0.2, 0) is 19.4 Å². The number of aromatic nitrogens is 1. The van der Waals surface area contributed by atoms with Crippen molar-refractivity contribution in [1.29, 1.82) is 0 Å². The number of ether oxygens (including phenoxy) is 1. The Labute approximate surface area is 218 Å². The van der Waals surface area contributed by atoms with E-state index in [1.54, 1.807) is 42.5 Å². The molecule has 1 aromatic heterocycles. The average Bonchev–Trinajstić information content (AvgIpc) is 2.86. The Morgan fingerprint density at radius 1 is 1.00 bits per heavy atom. The number of carboxylic acids is 1. The molecule has 0 saturated heterocycles. The monoisotopic (exact) mass is 535 g/mol. The Morgan fingerprint density at radius 3 is 2.51 bits per heavy atom. The van der Waals surface area contributed by atoms with Gasteiger partial charge in [0.2, 0.25) is 0 Å². The van der Waals surface area contributed by atoms with Gasteiger partial charge in [-0.3, -0.25) is 4.79 Å². The van der Waals surface area contributed by atoms with Gasteiger partial charge in [0.15, 0.2) is 9.84 Å². The van der Waals surface area contributed by atoms with Crippen LogP contribution in [0.3, 0.4) is 0 Å². The Morgan fingerprint density at radius 2 is 1.76 bits per heavy atom. The van der Waals surface area contributed by atoms with Gasteiger partial charge in [0.05, 0.1) is 27.4 Å². The highest BCUT2D eigenvalue weighted by molar-refractivity contribution is 7.91. The largest absolute Gasteiger partial charge is 0.478 e. The van der Waals surface area contributed by atoms with E-state index in [2.05, 4.69) is 4.98 Å². The second kappa shape index (κ2) is 10.9. The molecule has 4 rings (SSSR count). The maximum Gasteiger partial charge on any atom is 0.337 e. The lowest BCUT2D eigenvalue weighted by atomic mass is 10.1. The number of rotatable bonds is 8. The number of halogens is 1. The Hall–Kier alpha value is -4.01. The van der Waals surface area contributed by atoms with Crippen LogP contribution in [-0.4, -0.2) is 36.2 Å². The van der Waals surface area contributed by atoms with Crippen molar-refractivity contribution >= 4 is 56.4 Å². The predicted octanol–water partition coefficient (Wildman–Crippen LogP) is 5.83. The molecule has 4 aromatic rings. The van der Waals surface area contributed by atoms with Gasteiger partial charge in [0.1, 0.15) is 6.10 Å². The number of benzene rings is 3. The van der Waals surface area contributed by atoms with Gasteiger partial charge in [-0.25, -0.2) is 18.2 Å². The third-order valence-corrected chi connectivity index (χ3v) is 7.54. The van der Waals surface area contributed by atoms with E-state index < -0.39 is 33.6 Å². The van der Waals surface area contributed by atoms with Crippen molar-refractivity contribution in [2.45, 2.75) is 17.9 Å². The molecular formula is C28H22ClNO6S. The van der Waals surface area contributed by atoms with Gasteiger partial charge in [0.25, 0.3) is 0 Å². The van der Waals surface area contributed by atoms with Gasteiger partial charge >= 0.3 is 11.9 Å². The Kier molecular flexibility index (Phi) is 7.71. The van der Waals surface area contributed by atoms with Gasteiger partial charge in [-0.1, -0.05) is 60.1 Å². The minimum Gasteiger partial charge on any atom is -0.478 e. The minimum atomic E-state index is -4.12. The fourth-order valence-electron chi connectivity index (χ4n) is 3.85. The molecule has 3 aromatic carbocycles. The first-order valence-corrected chi connectivity index (χ1v) is 13.2. The van der Waals surface area contributed by atoms with E-state index in [1.165, 1.54) is 31.2 Å². The molecule has 0 amide bonds. The summed E-state index contributed by atoms with van der Waals surface area (Å²) in [7, 11) is -4.12. The van der Waals surface area contributed by atoms with E-state index in [-0.39, 0.29) is 10.5 Å². The number of sulfone groups is 1. The van der Waals surface area contributed by atoms with Crippen molar-refractivity contribution < 1.29 is 27.9 Å². The standard InChI is InChI=1S/C28H22ClNO6S/c1-18(31)36-26(17-37(34,35)27-8-3-2-7-24(27)28(32)33)21-6-4-5-19(15-21)9-13-23-14-11-20-10-12-22(29)16-25(20)30-23/h2-16,26H,17H2,1H3,(H,32,33)/b13-9+. The molecule has 0 aliphatic heterocycles. The number of fused-ring (bicyclic) bond motifs is 1. The quantitative estimate of drug-likeness (QED) is 0.282. The Balaban J connectivity index is 1.63. The van der Waals surface area contributed by atoms with Gasteiger partial charge < -0.3 is 9.84 Å². The van der Waals surface area contributed by atoms with Crippen LogP contribution in [0, 0.1) is 0 Å². The van der Waals surface area contributed by atoms with Crippen molar-refractivity contribution in [3.8, 4) is 0 Å². The molecule has 0 radical (unpaired) electrons. The van der Waals surface area contributed by atoms with Gasteiger partial charge in [0, 0.05) is 17.3 Å². The van der Waals surface area contributed by atoms with Crippen LogP contribution < -0.4 is 0 Å². The molecule has 1 unspecified atom stereocenters. The van der Waals surface area contributed by atoms with Crippen LogP contribution in [0.4, 0.5) is 0 Å². The average molecular weight is 536 g/mol. The molecule has 188 valence electrons. The summed E-state index contributed by atoms with van der Waals surface area (Å²) >= 11 is 6.07. The summed E-state index contributed by atoms with van der Waals surface area (Å²) in [5.74, 6) is -2.64. The van der Waals surface area contributed by atoms with Crippen molar-refractivity contribution in [1.82, 2.24) is 4.98 Å². The van der Waals surface area contributed by atoms with Crippen molar-refractivity contribution in [2.24, 2.45) is 0 Å². The number of carbonyl (C=O) groups excluding carboxylic acids is 1. The van der Waals surface area contributed by atoms with E-state index in [1.807, 2.05) is 24.3 Å². The summed E-state index contributed by atoms with van der Waals surface area (Å²) in [6, 6.07) is 21.5. The molecular weight excluding hydrogens is 514 g/mol. The zero-order valence-corrected chi connectivity index (χ0v) is 21.2. The van der Waals surface area contributed by atoms with Crippen molar-refractivity contribution in [2.75, 3.05) is 5.75 Å². The SMILES string of the molecule is CC(=O)OC(CS(=O)(=O)c1ccccc1C(=O)O)c1cccc(/C=C/c2ccc3ccc(Cl)cc3n2)c1. The first-order chi connectivity index (χ1) is 17.6. The fourth-order valence-corrected chi connectivity index (χ4v) is 5.63. The Bertz CT molecular complexity index is 1630. The van der Waals surface area contributed by atoms with E-state index in [0.29, 0.717) is 16.3 Å². The van der Waals surface area contributed by atoms with Crippen LogP contribution in [0.25, 0.3) is 23.1 Å². The van der Waals surface area contributed by atoms with Crippen molar-refractivity contribution in [3.05, 3.63) is 106 Å². The van der Waals surface area contributed by atoms with Crippen LogP contribution in [0.15, 0.2) is 83.8 Å². The zero-order valence-electron chi connectivity index (χ0n) is 19.7. The summed E-state index contributed by atoms with van der Waals surface area (Å²) in [5, 5.41) is 11.0. The first-order valence-electron chi connectivity index (χ1n) is 11.2. The molecule has 0 saturated carbocycles. The fraction of sp³-hybridized carbons (Fsp3) is 0.107. The maximum absolute atomic E-state index is 13.2. The molecule has 1 heterocycles. The lowest BCUT2D eigenvalue weighted by molar-refractivity contribution is -0.145. The molecule has 0 aliphatic rings. The normalized spacial score (nSPS) is 12.5. The van der Waals surface area contributed by atoms with Crippen molar-refractivity contribution in [3.63, 3.8) is 0 Å². The third-order valence-electron chi connectivity index (χ3n) is 5.54. The molecule has 0 spiro atoms. The first kappa shape index (κ1) is 26.1. The highest BCUT2D eigenvalue weighted by atomic mass is 35.5. The predicted molar refractivity (Wildman–Crippen MR) is 142 cm³/mol. The van der Waals surface area contributed by atoms with E-state index in [0.717, 1.165) is 16.5 Å². The maximum atomic E-state index is 13.2. The zero-order chi connectivity index (χ0) is 26.6. The summed E-state index contributed by atoms with van der Waals surface area (Å²) in [6.45, 7) is 1.19. The summed E-state index contributed by atoms with van der Waals surface area (Å²) in [6.07, 6.45) is 2.47. The topological polar surface area (TPSA) is 111 Å². The van der Waals surface area contributed by atoms with Crippen LogP contribution in [0.5, 0.6) is 0 Å². The lowest BCUT2D eigenvalue weighted by Crippen LogP contribution is -2.21. The molecule has 0 aliphatic carbocycles.